The summed E-state index contributed by atoms with van der Waals surface area (Å²) in [5, 5.41) is 0. The Kier molecular flexibility index (Phi) is 6.01. The predicted octanol–water partition coefficient (Wildman–Crippen LogP) is 4.70. The van der Waals surface area contributed by atoms with E-state index in [4.69, 9.17) is 15.2 Å². The smallest absolute Gasteiger partial charge is 0.458 e. The molecule has 1 amide bonds. The molecule has 1 fully saturated rings. The van der Waals surface area contributed by atoms with E-state index < -0.39 is 41.1 Å². The van der Waals surface area contributed by atoms with Crippen LogP contribution in [0.5, 0.6) is 5.75 Å². The van der Waals surface area contributed by atoms with Gasteiger partial charge in [-0.2, -0.15) is 22.0 Å². The molecule has 2 N–H and O–H groups in total. The van der Waals surface area contributed by atoms with E-state index in [1.54, 1.807) is 20.8 Å². The Morgan fingerprint density at radius 1 is 1.21 bits per heavy atom. The Hall–Kier alpha value is -2.26. The lowest BCUT2D eigenvalue weighted by atomic mass is 10.1. The molecule has 0 saturated carbocycles. The van der Waals surface area contributed by atoms with Crippen molar-refractivity contribution < 1.29 is 36.2 Å². The van der Waals surface area contributed by atoms with Crippen molar-refractivity contribution in [3.05, 3.63) is 23.8 Å². The molecule has 0 radical (unpaired) electrons. The van der Waals surface area contributed by atoms with E-state index in [0.717, 1.165) is 12.1 Å². The van der Waals surface area contributed by atoms with Crippen molar-refractivity contribution in [2.45, 2.75) is 57.4 Å². The molecule has 5 nitrogen and oxygen atoms in total. The maximum Gasteiger partial charge on any atom is 0.458 e. The number of amides is 1. The van der Waals surface area contributed by atoms with Crippen LogP contribution in [0.2, 0.25) is 0 Å². The summed E-state index contributed by atoms with van der Waals surface area (Å²) in [6, 6.07) is 1.95. The topological polar surface area (TPSA) is 64.8 Å². The van der Waals surface area contributed by atoms with E-state index in [2.05, 4.69) is 0 Å². The van der Waals surface area contributed by atoms with Gasteiger partial charge in [-0.3, -0.25) is 0 Å². The average molecular weight is 410 g/mol. The third-order valence-electron chi connectivity index (χ3n) is 4.14. The third-order valence-corrected chi connectivity index (χ3v) is 4.14. The molecule has 2 rings (SSSR count). The van der Waals surface area contributed by atoms with Gasteiger partial charge in [0, 0.05) is 18.3 Å². The van der Waals surface area contributed by atoms with Crippen molar-refractivity contribution in [2.24, 2.45) is 0 Å². The molecule has 1 aliphatic rings. The van der Waals surface area contributed by atoms with Gasteiger partial charge in [0.2, 0.25) is 0 Å². The number of alkyl halides is 5. The van der Waals surface area contributed by atoms with E-state index in [-0.39, 0.29) is 12.3 Å². The van der Waals surface area contributed by atoms with Crippen molar-refractivity contribution in [2.75, 3.05) is 18.9 Å². The van der Waals surface area contributed by atoms with Crippen molar-refractivity contribution in [1.29, 1.82) is 0 Å². The number of nitrogen functional groups attached to an aromatic ring is 1. The monoisotopic (exact) mass is 410 g/mol. The first-order chi connectivity index (χ1) is 12.7. The summed E-state index contributed by atoms with van der Waals surface area (Å²) in [6.45, 7) is 5.22. The zero-order chi connectivity index (χ0) is 21.3. The summed E-state index contributed by atoms with van der Waals surface area (Å²) >= 11 is 0. The van der Waals surface area contributed by atoms with Gasteiger partial charge in [-0.05, 0) is 45.7 Å². The third kappa shape index (κ3) is 4.96. The molecule has 0 aliphatic carbocycles. The quantitative estimate of drug-likeness (QED) is 0.577. The highest BCUT2D eigenvalue weighted by molar-refractivity contribution is 5.69. The molecule has 1 aromatic carbocycles. The Morgan fingerprint density at radius 3 is 2.43 bits per heavy atom. The van der Waals surface area contributed by atoms with Crippen LogP contribution >= 0.6 is 0 Å². The minimum absolute atomic E-state index is 0.0212. The number of nitrogens with two attached hydrogens (primary N) is 1. The van der Waals surface area contributed by atoms with Gasteiger partial charge in [-0.1, -0.05) is 0 Å². The van der Waals surface area contributed by atoms with Crippen LogP contribution in [0, 0.1) is 0 Å². The number of carbonyl (C=O) groups excluding carboxylic acids is 1. The van der Waals surface area contributed by atoms with Gasteiger partial charge >= 0.3 is 18.2 Å². The van der Waals surface area contributed by atoms with E-state index in [0.29, 0.717) is 25.5 Å². The van der Waals surface area contributed by atoms with Gasteiger partial charge in [-0.15, -0.1) is 0 Å². The van der Waals surface area contributed by atoms with Gasteiger partial charge < -0.3 is 20.1 Å². The molecule has 0 spiro atoms. The molecule has 0 bridgehead atoms. The molecule has 1 heterocycles. The molecule has 0 aromatic heterocycles. The van der Waals surface area contributed by atoms with E-state index in [9.17, 15) is 26.7 Å². The SMILES string of the molecule is CC(C)(C)OC(=O)N1CCC[C@H]1COc1cc(N)ccc1C(F)(F)C(F)(F)F. The minimum atomic E-state index is -5.78. The molecule has 1 aliphatic heterocycles. The van der Waals surface area contributed by atoms with Crippen LogP contribution in [0.15, 0.2) is 18.2 Å². The maximum atomic E-state index is 13.8. The highest BCUT2D eigenvalue weighted by Crippen LogP contribution is 2.47. The number of anilines is 1. The summed E-state index contributed by atoms with van der Waals surface area (Å²) in [7, 11) is 0. The fraction of sp³-hybridized carbons (Fsp3) is 0.611. The first kappa shape index (κ1) is 22.0. The van der Waals surface area contributed by atoms with Crippen LogP contribution < -0.4 is 10.5 Å². The highest BCUT2D eigenvalue weighted by atomic mass is 19.4. The fourth-order valence-corrected chi connectivity index (χ4v) is 2.83. The Labute approximate surface area is 159 Å². The second-order valence-electron chi connectivity index (χ2n) is 7.61. The van der Waals surface area contributed by atoms with E-state index in [1.165, 1.54) is 4.90 Å². The van der Waals surface area contributed by atoms with Crippen molar-refractivity contribution in [3.63, 3.8) is 0 Å². The van der Waals surface area contributed by atoms with Gasteiger partial charge in [0.15, 0.2) is 0 Å². The number of hydrogen-bond donors (Lipinski definition) is 1. The summed E-state index contributed by atoms with van der Waals surface area (Å²) in [4.78, 5) is 13.6. The number of halogens is 5. The molecule has 1 atom stereocenters. The fourth-order valence-electron chi connectivity index (χ4n) is 2.83. The number of likely N-dealkylation sites (tertiary alicyclic amines) is 1. The van der Waals surface area contributed by atoms with Crippen molar-refractivity contribution in [1.82, 2.24) is 4.90 Å². The van der Waals surface area contributed by atoms with Crippen LogP contribution in [0.3, 0.4) is 0 Å². The van der Waals surface area contributed by atoms with Gasteiger partial charge in [-0.25, -0.2) is 4.79 Å². The van der Waals surface area contributed by atoms with Gasteiger partial charge in [0.1, 0.15) is 18.0 Å². The molecule has 28 heavy (non-hydrogen) atoms. The predicted molar refractivity (Wildman–Crippen MR) is 92.3 cm³/mol. The van der Waals surface area contributed by atoms with Crippen molar-refractivity contribution in [3.8, 4) is 5.75 Å². The zero-order valence-corrected chi connectivity index (χ0v) is 15.8. The minimum Gasteiger partial charge on any atom is -0.491 e. The van der Waals surface area contributed by atoms with Crippen molar-refractivity contribution >= 4 is 11.8 Å². The molecular formula is C18H23F5N2O3. The normalized spacial score (nSPS) is 18.3. The first-order valence-electron chi connectivity index (χ1n) is 8.69. The van der Waals surface area contributed by atoms with Crippen LogP contribution in [-0.2, 0) is 10.7 Å². The summed E-state index contributed by atoms with van der Waals surface area (Å²) < 4.78 is 76.5. The molecule has 158 valence electrons. The zero-order valence-electron chi connectivity index (χ0n) is 15.8. The summed E-state index contributed by atoms with van der Waals surface area (Å²) in [5.41, 5.74) is 3.45. The standard InChI is InChI=1S/C18H23F5N2O3/c1-16(2,3)28-15(26)25-8-4-5-12(25)10-27-14-9-11(24)6-7-13(14)17(19,20)18(21,22)23/h6-7,9,12H,4-5,8,10,24H2,1-3H3/t12-/m0/s1. The largest absolute Gasteiger partial charge is 0.491 e. The van der Waals surface area contributed by atoms with E-state index in [1.807, 2.05) is 0 Å². The number of nitrogens with zero attached hydrogens (tertiary/aromatic N) is 1. The second kappa shape index (κ2) is 7.63. The maximum absolute atomic E-state index is 13.8. The second-order valence-corrected chi connectivity index (χ2v) is 7.61. The molecular weight excluding hydrogens is 387 g/mol. The summed E-state index contributed by atoms with van der Waals surface area (Å²) in [5.74, 6) is -5.77. The number of ether oxygens (including phenoxy) is 2. The molecule has 1 saturated heterocycles. The van der Waals surface area contributed by atoms with Gasteiger partial charge in [0.05, 0.1) is 11.6 Å². The van der Waals surface area contributed by atoms with Crippen LogP contribution in [0.25, 0.3) is 0 Å². The first-order valence-corrected chi connectivity index (χ1v) is 8.69. The average Bonchev–Trinajstić information content (AvgIpc) is 2.98. The molecule has 1 aromatic rings. The summed E-state index contributed by atoms with van der Waals surface area (Å²) in [6.07, 6.45) is -5.23. The van der Waals surface area contributed by atoms with Crippen LogP contribution in [0.1, 0.15) is 39.2 Å². The molecule has 0 unspecified atom stereocenters. The number of rotatable bonds is 4. The molecule has 10 heteroatoms. The Balaban J connectivity index is 2.18. The lowest BCUT2D eigenvalue weighted by molar-refractivity contribution is -0.289. The Bertz CT molecular complexity index is 716. The Morgan fingerprint density at radius 2 is 1.86 bits per heavy atom. The lowest BCUT2D eigenvalue weighted by Gasteiger charge is -2.29. The van der Waals surface area contributed by atoms with E-state index >= 15 is 0 Å². The van der Waals surface area contributed by atoms with Gasteiger partial charge in [0.25, 0.3) is 0 Å². The lowest BCUT2D eigenvalue weighted by Crippen LogP contribution is -2.42. The number of carbonyl (C=O) groups is 1. The number of benzene rings is 1. The van der Waals surface area contributed by atoms with Crippen LogP contribution in [0.4, 0.5) is 32.4 Å². The number of hydrogen-bond acceptors (Lipinski definition) is 4. The van der Waals surface area contributed by atoms with Crippen LogP contribution in [-0.4, -0.2) is 42.0 Å². The highest BCUT2D eigenvalue weighted by Gasteiger charge is 2.60.